The van der Waals surface area contributed by atoms with E-state index in [0.717, 1.165) is 18.2 Å². The number of amides is 1. The van der Waals surface area contributed by atoms with E-state index in [1.54, 1.807) is 0 Å². The van der Waals surface area contributed by atoms with Crippen LogP contribution >= 0.6 is 15.9 Å². The molecule has 100 valence electrons. The normalized spacial score (nSPS) is 12.1. The Kier molecular flexibility index (Phi) is 5.98. The van der Waals surface area contributed by atoms with Crippen molar-refractivity contribution in [2.45, 2.75) is 19.8 Å². The van der Waals surface area contributed by atoms with Crippen molar-refractivity contribution in [1.29, 1.82) is 0 Å². The summed E-state index contributed by atoms with van der Waals surface area (Å²) in [5.41, 5.74) is -0.0639. The minimum atomic E-state index is -0.447. The highest BCUT2D eigenvalue weighted by Crippen LogP contribution is 2.25. The fourth-order valence-corrected chi connectivity index (χ4v) is 1.90. The van der Waals surface area contributed by atoms with E-state index >= 15 is 0 Å². The summed E-state index contributed by atoms with van der Waals surface area (Å²) in [5.74, 6) is -0.291. The van der Waals surface area contributed by atoms with Gasteiger partial charge in [0.1, 0.15) is 17.1 Å². The van der Waals surface area contributed by atoms with E-state index < -0.39 is 5.91 Å². The number of hydrogen-bond acceptors (Lipinski definition) is 3. The molecule has 0 aliphatic carbocycles. The number of phenols is 2. The van der Waals surface area contributed by atoms with Gasteiger partial charge >= 0.3 is 0 Å². The Morgan fingerprint density at radius 2 is 2.00 bits per heavy atom. The zero-order chi connectivity index (χ0) is 13.5. The number of hydrogen-bond donors (Lipinski definition) is 3. The standard InChI is InChI=1S/C13H18BrNO3/c1-9(8-14)4-3-7-15-13(18)12-10(16)5-2-6-11(12)17/h2,5-6,9,16-17H,3-4,7-8H2,1H3,(H,15,18). The Bertz CT molecular complexity index is 389. The molecule has 1 aromatic rings. The van der Waals surface area contributed by atoms with Gasteiger partial charge < -0.3 is 15.5 Å². The maximum atomic E-state index is 11.8. The Labute approximate surface area is 115 Å². The van der Waals surface area contributed by atoms with Crippen LogP contribution in [0.15, 0.2) is 18.2 Å². The highest BCUT2D eigenvalue weighted by molar-refractivity contribution is 9.09. The molecule has 4 nitrogen and oxygen atoms in total. The van der Waals surface area contributed by atoms with Gasteiger partial charge in [0.05, 0.1) is 0 Å². The Morgan fingerprint density at radius 1 is 1.39 bits per heavy atom. The highest BCUT2D eigenvalue weighted by Gasteiger charge is 2.15. The lowest BCUT2D eigenvalue weighted by Crippen LogP contribution is -2.25. The molecule has 1 aromatic carbocycles. The largest absolute Gasteiger partial charge is 0.507 e. The molecule has 1 amide bonds. The topological polar surface area (TPSA) is 69.6 Å². The summed E-state index contributed by atoms with van der Waals surface area (Å²) in [6, 6.07) is 4.24. The molecule has 0 aliphatic rings. The second-order valence-electron chi connectivity index (χ2n) is 4.33. The summed E-state index contributed by atoms with van der Waals surface area (Å²) >= 11 is 3.40. The Morgan fingerprint density at radius 3 is 2.56 bits per heavy atom. The number of benzene rings is 1. The number of rotatable bonds is 6. The average Bonchev–Trinajstić information content (AvgIpc) is 2.34. The molecule has 0 spiro atoms. The fraction of sp³-hybridized carbons (Fsp3) is 0.462. The van der Waals surface area contributed by atoms with Crippen LogP contribution in [0.1, 0.15) is 30.1 Å². The van der Waals surface area contributed by atoms with Crippen molar-refractivity contribution in [3.05, 3.63) is 23.8 Å². The van der Waals surface area contributed by atoms with E-state index in [1.807, 2.05) is 0 Å². The van der Waals surface area contributed by atoms with Crippen LogP contribution in [0.4, 0.5) is 0 Å². The summed E-state index contributed by atoms with van der Waals surface area (Å²) in [5, 5.41) is 22.7. The molecule has 1 unspecified atom stereocenters. The molecular formula is C13H18BrNO3. The van der Waals surface area contributed by atoms with Gasteiger partial charge in [-0.1, -0.05) is 28.9 Å². The van der Waals surface area contributed by atoms with Crippen molar-refractivity contribution < 1.29 is 15.0 Å². The van der Waals surface area contributed by atoms with E-state index in [0.29, 0.717) is 12.5 Å². The van der Waals surface area contributed by atoms with Gasteiger partial charge in [0.25, 0.3) is 5.91 Å². The molecule has 0 bridgehead atoms. The molecule has 1 atom stereocenters. The van der Waals surface area contributed by atoms with E-state index in [-0.39, 0.29) is 17.1 Å². The van der Waals surface area contributed by atoms with Crippen LogP contribution in [-0.4, -0.2) is 28.0 Å². The number of nitrogens with one attached hydrogen (secondary N) is 1. The van der Waals surface area contributed by atoms with E-state index in [9.17, 15) is 15.0 Å². The van der Waals surface area contributed by atoms with Crippen LogP contribution in [0.5, 0.6) is 11.5 Å². The Balaban J connectivity index is 2.46. The number of phenolic OH excluding ortho intramolecular Hbond substituents is 2. The zero-order valence-electron chi connectivity index (χ0n) is 10.3. The molecule has 3 N–H and O–H groups in total. The first-order valence-electron chi connectivity index (χ1n) is 5.91. The van der Waals surface area contributed by atoms with E-state index in [2.05, 4.69) is 28.2 Å². The first-order chi connectivity index (χ1) is 8.56. The summed E-state index contributed by atoms with van der Waals surface area (Å²) in [6.07, 6.45) is 1.88. The van der Waals surface area contributed by atoms with Gasteiger partial charge in [-0.3, -0.25) is 4.79 Å². The molecule has 0 saturated heterocycles. The molecule has 1 rings (SSSR count). The molecular weight excluding hydrogens is 298 g/mol. The minimum Gasteiger partial charge on any atom is -0.507 e. The maximum absolute atomic E-state index is 11.8. The SMILES string of the molecule is CC(CBr)CCCNC(=O)c1c(O)cccc1O. The second kappa shape index (κ2) is 7.26. The van der Waals surface area contributed by atoms with Crippen molar-refractivity contribution in [3.63, 3.8) is 0 Å². The van der Waals surface area contributed by atoms with E-state index in [4.69, 9.17) is 0 Å². The monoisotopic (exact) mass is 315 g/mol. The van der Waals surface area contributed by atoms with Gasteiger partial charge in [-0.25, -0.2) is 0 Å². The molecule has 0 heterocycles. The third kappa shape index (κ3) is 4.22. The zero-order valence-corrected chi connectivity index (χ0v) is 11.9. The molecule has 18 heavy (non-hydrogen) atoms. The average molecular weight is 316 g/mol. The van der Waals surface area contributed by atoms with Gasteiger partial charge in [-0.2, -0.15) is 0 Å². The summed E-state index contributed by atoms with van der Waals surface area (Å²) < 4.78 is 0. The molecule has 0 radical (unpaired) electrons. The molecule has 5 heteroatoms. The first-order valence-corrected chi connectivity index (χ1v) is 7.03. The Hall–Kier alpha value is -1.23. The van der Waals surface area contributed by atoms with Crippen molar-refractivity contribution >= 4 is 21.8 Å². The predicted octanol–water partition coefficient (Wildman–Crippen LogP) is 2.64. The van der Waals surface area contributed by atoms with E-state index in [1.165, 1.54) is 18.2 Å². The third-order valence-corrected chi connectivity index (χ3v) is 3.78. The van der Waals surface area contributed by atoms with Gasteiger partial charge in [0.2, 0.25) is 0 Å². The number of aromatic hydroxyl groups is 2. The smallest absolute Gasteiger partial charge is 0.258 e. The molecule has 0 aliphatic heterocycles. The lowest BCUT2D eigenvalue weighted by Gasteiger charge is -2.10. The number of carbonyl (C=O) groups is 1. The predicted molar refractivity (Wildman–Crippen MR) is 74.3 cm³/mol. The quantitative estimate of drug-likeness (QED) is 0.558. The van der Waals surface area contributed by atoms with Crippen molar-refractivity contribution in [1.82, 2.24) is 5.32 Å². The number of halogens is 1. The van der Waals surface area contributed by atoms with Crippen molar-refractivity contribution in [3.8, 4) is 11.5 Å². The summed E-state index contributed by atoms with van der Waals surface area (Å²) in [6.45, 7) is 2.66. The van der Waals surface area contributed by atoms with Gasteiger partial charge in [0, 0.05) is 11.9 Å². The number of carbonyl (C=O) groups excluding carboxylic acids is 1. The van der Waals surface area contributed by atoms with Crippen LogP contribution < -0.4 is 5.32 Å². The highest BCUT2D eigenvalue weighted by atomic mass is 79.9. The van der Waals surface area contributed by atoms with Gasteiger partial charge in [-0.15, -0.1) is 0 Å². The lowest BCUT2D eigenvalue weighted by atomic mass is 10.1. The third-order valence-electron chi connectivity index (χ3n) is 2.67. The second-order valence-corrected chi connectivity index (χ2v) is 4.98. The minimum absolute atomic E-state index is 0.0639. The van der Waals surface area contributed by atoms with Crippen LogP contribution in [0.3, 0.4) is 0 Å². The lowest BCUT2D eigenvalue weighted by molar-refractivity contribution is 0.0947. The van der Waals surface area contributed by atoms with Crippen LogP contribution in [-0.2, 0) is 0 Å². The fourth-order valence-electron chi connectivity index (χ4n) is 1.58. The molecule has 0 aromatic heterocycles. The molecule has 0 saturated carbocycles. The van der Waals surface area contributed by atoms with Gasteiger partial charge in [-0.05, 0) is 30.9 Å². The van der Waals surface area contributed by atoms with Crippen LogP contribution in [0.25, 0.3) is 0 Å². The van der Waals surface area contributed by atoms with Crippen LogP contribution in [0, 0.1) is 5.92 Å². The van der Waals surface area contributed by atoms with Crippen molar-refractivity contribution in [2.24, 2.45) is 5.92 Å². The number of alkyl halides is 1. The van der Waals surface area contributed by atoms with Gasteiger partial charge in [0.15, 0.2) is 0 Å². The summed E-state index contributed by atoms with van der Waals surface area (Å²) in [7, 11) is 0. The maximum Gasteiger partial charge on any atom is 0.258 e. The van der Waals surface area contributed by atoms with Crippen molar-refractivity contribution in [2.75, 3.05) is 11.9 Å². The summed E-state index contributed by atoms with van der Waals surface area (Å²) in [4.78, 5) is 11.8. The first kappa shape index (κ1) is 14.8. The molecule has 0 fully saturated rings. The van der Waals surface area contributed by atoms with Crippen LogP contribution in [0.2, 0.25) is 0 Å².